The molecule has 1 aromatic heterocycles. The summed E-state index contributed by atoms with van der Waals surface area (Å²) in [5.74, 6) is -0.408. The molecule has 150 valence electrons. The predicted molar refractivity (Wildman–Crippen MR) is 111 cm³/mol. The summed E-state index contributed by atoms with van der Waals surface area (Å²) in [5.41, 5.74) is 1.24. The maximum atomic E-state index is 12.9. The molecule has 1 amide bonds. The molecule has 0 aliphatic rings. The first-order valence-corrected chi connectivity index (χ1v) is 9.28. The van der Waals surface area contributed by atoms with Gasteiger partial charge in [-0.1, -0.05) is 0 Å². The smallest absolute Gasteiger partial charge is 0.338 e. The van der Waals surface area contributed by atoms with Gasteiger partial charge in [-0.15, -0.1) is 0 Å². The Morgan fingerprint density at radius 1 is 1.07 bits per heavy atom. The van der Waals surface area contributed by atoms with Crippen LogP contribution in [0.1, 0.15) is 34.6 Å². The number of nitrogens with zero attached hydrogens (tertiary/aromatic N) is 1. The van der Waals surface area contributed by atoms with Crippen LogP contribution in [-0.4, -0.2) is 30.2 Å². The van der Waals surface area contributed by atoms with E-state index in [1.54, 1.807) is 55.6 Å². The number of hydrogen-bond acceptors (Lipinski definition) is 5. The molecule has 1 N–H and O–H groups in total. The van der Waals surface area contributed by atoms with Crippen molar-refractivity contribution in [2.24, 2.45) is 0 Å². The summed E-state index contributed by atoms with van der Waals surface area (Å²) in [4.78, 5) is 37.4. The Morgan fingerprint density at radius 3 is 2.41 bits per heavy atom. The van der Waals surface area contributed by atoms with Crippen LogP contribution < -0.4 is 15.5 Å². The largest absolute Gasteiger partial charge is 0.497 e. The lowest BCUT2D eigenvalue weighted by atomic mass is 10.1. The average Bonchev–Trinajstić information content (AvgIpc) is 2.74. The van der Waals surface area contributed by atoms with Crippen LogP contribution in [0.3, 0.4) is 0 Å². The van der Waals surface area contributed by atoms with Crippen LogP contribution in [0.25, 0.3) is 10.9 Å². The van der Waals surface area contributed by atoms with Crippen LogP contribution in [0.15, 0.2) is 53.5 Å². The molecular weight excluding hydrogens is 372 g/mol. The van der Waals surface area contributed by atoms with E-state index >= 15 is 0 Å². The number of amides is 1. The molecule has 0 fully saturated rings. The van der Waals surface area contributed by atoms with Gasteiger partial charge in [-0.05, 0) is 56.3 Å². The van der Waals surface area contributed by atoms with Gasteiger partial charge in [-0.3, -0.25) is 9.59 Å². The molecule has 0 unspecified atom stereocenters. The van der Waals surface area contributed by atoms with Gasteiger partial charge >= 0.3 is 5.97 Å². The summed E-state index contributed by atoms with van der Waals surface area (Å²) in [6.07, 6.45) is 1.56. The van der Waals surface area contributed by atoms with E-state index in [2.05, 4.69) is 5.32 Å². The molecule has 7 heteroatoms. The van der Waals surface area contributed by atoms with Crippen molar-refractivity contribution in [1.29, 1.82) is 0 Å². The molecular formula is C22H22N2O5. The first-order chi connectivity index (χ1) is 14.0. The Kier molecular flexibility index (Phi) is 5.97. The number of benzene rings is 2. The highest BCUT2D eigenvalue weighted by Gasteiger charge is 2.16. The zero-order chi connectivity index (χ0) is 21.0. The lowest BCUT2D eigenvalue weighted by molar-refractivity contribution is 0.0526. The Hall–Kier alpha value is -3.61. The monoisotopic (exact) mass is 394 g/mol. The van der Waals surface area contributed by atoms with Crippen LogP contribution in [0.2, 0.25) is 0 Å². The number of aryl methyl sites for hydroxylation is 1. The minimum Gasteiger partial charge on any atom is -0.497 e. The first kappa shape index (κ1) is 20.1. The Balaban J connectivity index is 1.93. The lowest BCUT2D eigenvalue weighted by Crippen LogP contribution is -2.24. The SMILES string of the molecule is CCOC(=O)c1ccc(NC(=O)c2cn(CC)c3ccc(OC)cc3c2=O)cc1. The summed E-state index contributed by atoms with van der Waals surface area (Å²) in [5, 5.41) is 3.12. The van der Waals surface area contributed by atoms with Crippen molar-refractivity contribution in [2.45, 2.75) is 20.4 Å². The fourth-order valence-corrected chi connectivity index (χ4v) is 3.03. The minimum absolute atomic E-state index is 0.0297. The number of nitrogens with one attached hydrogen (secondary N) is 1. The van der Waals surface area contributed by atoms with Crippen molar-refractivity contribution in [2.75, 3.05) is 19.0 Å². The van der Waals surface area contributed by atoms with Gasteiger partial charge in [0.25, 0.3) is 5.91 Å². The van der Waals surface area contributed by atoms with Crippen molar-refractivity contribution in [3.63, 3.8) is 0 Å². The molecule has 7 nitrogen and oxygen atoms in total. The highest BCUT2D eigenvalue weighted by molar-refractivity contribution is 6.06. The Morgan fingerprint density at radius 2 is 1.79 bits per heavy atom. The van der Waals surface area contributed by atoms with E-state index in [1.165, 1.54) is 7.11 Å². The fraction of sp³-hybridized carbons (Fsp3) is 0.227. The molecule has 2 aromatic carbocycles. The molecule has 0 saturated heterocycles. The topological polar surface area (TPSA) is 86.6 Å². The molecule has 0 atom stereocenters. The highest BCUT2D eigenvalue weighted by Crippen LogP contribution is 2.20. The van der Waals surface area contributed by atoms with E-state index in [0.29, 0.717) is 28.9 Å². The quantitative estimate of drug-likeness (QED) is 0.647. The van der Waals surface area contributed by atoms with Gasteiger partial charge in [-0.2, -0.15) is 0 Å². The van der Waals surface area contributed by atoms with Crippen molar-refractivity contribution in [3.8, 4) is 5.75 Å². The summed E-state index contributed by atoms with van der Waals surface area (Å²) >= 11 is 0. The number of carbonyl (C=O) groups excluding carboxylic acids is 2. The van der Waals surface area contributed by atoms with Crippen LogP contribution in [0.4, 0.5) is 5.69 Å². The molecule has 0 spiro atoms. The molecule has 0 aliphatic carbocycles. The molecule has 0 saturated carbocycles. The molecule has 0 bridgehead atoms. The zero-order valence-electron chi connectivity index (χ0n) is 16.5. The number of ether oxygens (including phenoxy) is 2. The third-order valence-electron chi connectivity index (χ3n) is 4.53. The van der Waals surface area contributed by atoms with Crippen LogP contribution in [0, 0.1) is 0 Å². The van der Waals surface area contributed by atoms with E-state index in [4.69, 9.17) is 9.47 Å². The minimum atomic E-state index is -0.522. The van der Waals surface area contributed by atoms with Crippen LogP contribution >= 0.6 is 0 Å². The van der Waals surface area contributed by atoms with Gasteiger partial charge in [-0.25, -0.2) is 4.79 Å². The third-order valence-corrected chi connectivity index (χ3v) is 4.53. The molecule has 0 radical (unpaired) electrons. The second-order valence-corrected chi connectivity index (χ2v) is 6.29. The van der Waals surface area contributed by atoms with E-state index in [-0.39, 0.29) is 17.6 Å². The molecule has 3 aromatic rings. The van der Waals surface area contributed by atoms with Crippen LogP contribution in [-0.2, 0) is 11.3 Å². The van der Waals surface area contributed by atoms with Crippen molar-refractivity contribution in [1.82, 2.24) is 4.57 Å². The number of carbonyl (C=O) groups is 2. The number of hydrogen-bond donors (Lipinski definition) is 1. The maximum Gasteiger partial charge on any atom is 0.338 e. The summed E-state index contributed by atoms with van der Waals surface area (Å²) in [7, 11) is 1.52. The van der Waals surface area contributed by atoms with Gasteiger partial charge in [0.05, 0.1) is 30.2 Å². The van der Waals surface area contributed by atoms with Crippen LogP contribution in [0.5, 0.6) is 5.75 Å². The molecule has 0 aliphatic heterocycles. The number of aromatic nitrogens is 1. The molecule has 1 heterocycles. The van der Waals surface area contributed by atoms with Gasteiger partial charge < -0.3 is 19.4 Å². The van der Waals surface area contributed by atoms with E-state index in [1.807, 2.05) is 11.5 Å². The van der Waals surface area contributed by atoms with Crippen molar-refractivity contribution >= 4 is 28.5 Å². The normalized spacial score (nSPS) is 10.6. The number of fused-ring (bicyclic) bond motifs is 1. The number of pyridine rings is 1. The number of esters is 1. The van der Waals surface area contributed by atoms with Gasteiger partial charge in [0.2, 0.25) is 5.43 Å². The predicted octanol–water partition coefficient (Wildman–Crippen LogP) is 3.46. The highest BCUT2D eigenvalue weighted by atomic mass is 16.5. The third kappa shape index (κ3) is 4.13. The fourth-order valence-electron chi connectivity index (χ4n) is 3.03. The second kappa shape index (κ2) is 8.60. The van der Waals surface area contributed by atoms with E-state index in [9.17, 15) is 14.4 Å². The average molecular weight is 394 g/mol. The Bertz CT molecular complexity index is 1120. The number of rotatable bonds is 6. The number of anilines is 1. The van der Waals surface area contributed by atoms with Gasteiger partial charge in [0, 0.05) is 18.4 Å². The van der Waals surface area contributed by atoms with Crippen molar-refractivity contribution < 1.29 is 19.1 Å². The standard InChI is InChI=1S/C22H22N2O5/c1-4-24-13-18(20(25)17-12-16(28-3)10-11-19(17)24)21(26)23-15-8-6-14(7-9-15)22(27)29-5-2/h6-13H,4-5H2,1-3H3,(H,23,26). The lowest BCUT2D eigenvalue weighted by Gasteiger charge is -2.13. The molecule has 29 heavy (non-hydrogen) atoms. The summed E-state index contributed by atoms with van der Waals surface area (Å²) < 4.78 is 12.0. The van der Waals surface area contributed by atoms with Crippen molar-refractivity contribution in [3.05, 3.63) is 70.0 Å². The summed E-state index contributed by atoms with van der Waals surface area (Å²) in [6.45, 7) is 4.55. The maximum absolute atomic E-state index is 12.9. The zero-order valence-corrected chi connectivity index (χ0v) is 16.5. The Labute approximate surface area is 167 Å². The van der Waals surface area contributed by atoms with Gasteiger partial charge in [0.1, 0.15) is 11.3 Å². The van der Waals surface area contributed by atoms with E-state index < -0.39 is 11.9 Å². The summed E-state index contributed by atoms with van der Waals surface area (Å²) in [6, 6.07) is 11.5. The first-order valence-electron chi connectivity index (χ1n) is 9.28. The van der Waals surface area contributed by atoms with Gasteiger partial charge in [0.15, 0.2) is 0 Å². The number of methoxy groups -OCH3 is 1. The second-order valence-electron chi connectivity index (χ2n) is 6.29. The molecule has 3 rings (SSSR count). The van der Waals surface area contributed by atoms with E-state index in [0.717, 1.165) is 5.52 Å².